The van der Waals surface area contributed by atoms with E-state index in [0.29, 0.717) is 30.0 Å². The van der Waals surface area contributed by atoms with Crippen LogP contribution in [0.15, 0.2) is 23.3 Å². The predicted molar refractivity (Wildman–Crippen MR) is 94.8 cm³/mol. The van der Waals surface area contributed by atoms with Gasteiger partial charge in [-0.15, -0.1) is 0 Å². The van der Waals surface area contributed by atoms with Crippen molar-refractivity contribution in [2.75, 3.05) is 0 Å². The first-order valence-corrected chi connectivity index (χ1v) is 8.28. The van der Waals surface area contributed by atoms with Crippen molar-refractivity contribution >= 4 is 12.2 Å². The summed E-state index contributed by atoms with van der Waals surface area (Å²) in [5, 5.41) is 15.1. The smallest absolute Gasteiger partial charge is 0.323 e. The summed E-state index contributed by atoms with van der Waals surface area (Å²) in [5.41, 5.74) is 2.23. The molecule has 0 saturated carbocycles. The summed E-state index contributed by atoms with van der Waals surface area (Å²) in [6.45, 7) is 9.83. The van der Waals surface area contributed by atoms with E-state index >= 15 is 0 Å². The van der Waals surface area contributed by atoms with Gasteiger partial charge < -0.3 is 10.1 Å². The van der Waals surface area contributed by atoms with E-state index in [4.69, 9.17) is 9.94 Å². The van der Waals surface area contributed by atoms with Gasteiger partial charge in [-0.25, -0.2) is 4.39 Å². The van der Waals surface area contributed by atoms with E-state index in [1.165, 1.54) is 18.3 Å². The largest absolute Gasteiger partial charge is 0.459 e. The maximum Gasteiger partial charge on any atom is 0.323 e. The Morgan fingerprint density at radius 1 is 1.36 bits per heavy atom. The van der Waals surface area contributed by atoms with Gasteiger partial charge in [0.1, 0.15) is 17.5 Å². The summed E-state index contributed by atoms with van der Waals surface area (Å²) in [7, 11) is 0. The highest BCUT2D eigenvalue weighted by Crippen LogP contribution is 2.14. The molecule has 0 bridgehead atoms. The van der Waals surface area contributed by atoms with Gasteiger partial charge in [-0.05, 0) is 62.4 Å². The maximum atomic E-state index is 13.7. The fraction of sp³-hybridized carbons (Fsp3) is 0.556. The lowest BCUT2D eigenvalue weighted by Gasteiger charge is -2.25. The van der Waals surface area contributed by atoms with Gasteiger partial charge in [0.2, 0.25) is 0 Å². The quantitative estimate of drug-likeness (QED) is 0.380. The number of ether oxygens (including phenoxy) is 1. The molecule has 0 unspecified atom stereocenters. The van der Waals surface area contributed by atoms with Crippen LogP contribution in [-0.4, -0.2) is 29.0 Å². The van der Waals surface area contributed by atoms with E-state index in [2.05, 4.69) is 10.4 Å². The Morgan fingerprint density at radius 2 is 2.04 bits per heavy atom. The van der Waals surface area contributed by atoms with Crippen LogP contribution in [0.5, 0.6) is 0 Å². The number of esters is 1. The van der Waals surface area contributed by atoms with Crippen molar-refractivity contribution < 1.29 is 19.1 Å². The molecule has 0 fully saturated rings. The summed E-state index contributed by atoms with van der Waals surface area (Å²) >= 11 is 0. The Labute approximate surface area is 148 Å². The molecule has 0 amide bonds. The van der Waals surface area contributed by atoms with Crippen LogP contribution in [0.3, 0.4) is 0 Å². The SMILES string of the molecule is CC(C)C[C@@H](NCc1cc(F)cc(/C=N\NO)c1)C(=O)OC(C)(C)C. The minimum absolute atomic E-state index is 0.302. The molecule has 3 N–H and O–H groups in total. The topological polar surface area (TPSA) is 83.0 Å². The molecule has 0 spiro atoms. The Hall–Kier alpha value is -1.99. The van der Waals surface area contributed by atoms with E-state index < -0.39 is 17.5 Å². The number of nitrogens with one attached hydrogen (secondary N) is 2. The van der Waals surface area contributed by atoms with E-state index in [-0.39, 0.29) is 5.97 Å². The Balaban J connectivity index is 2.83. The van der Waals surface area contributed by atoms with Crippen LogP contribution >= 0.6 is 0 Å². The zero-order valence-electron chi connectivity index (χ0n) is 15.5. The highest BCUT2D eigenvalue weighted by atomic mass is 19.1. The second-order valence-electron chi connectivity index (χ2n) is 7.35. The van der Waals surface area contributed by atoms with Crippen molar-refractivity contribution in [3.8, 4) is 0 Å². The normalized spacial score (nSPS) is 13.3. The molecule has 1 aromatic carbocycles. The van der Waals surface area contributed by atoms with Gasteiger partial charge in [0, 0.05) is 6.54 Å². The Kier molecular flexibility index (Phi) is 7.99. The van der Waals surface area contributed by atoms with Crippen LogP contribution in [0.2, 0.25) is 0 Å². The average Bonchev–Trinajstić information content (AvgIpc) is 2.46. The van der Waals surface area contributed by atoms with Crippen molar-refractivity contribution in [1.82, 2.24) is 10.9 Å². The van der Waals surface area contributed by atoms with Gasteiger partial charge in [0.25, 0.3) is 0 Å². The number of benzene rings is 1. The van der Waals surface area contributed by atoms with Crippen LogP contribution in [0.25, 0.3) is 0 Å². The zero-order chi connectivity index (χ0) is 19.0. The van der Waals surface area contributed by atoms with Gasteiger partial charge in [-0.3, -0.25) is 10.0 Å². The van der Waals surface area contributed by atoms with Gasteiger partial charge in [-0.1, -0.05) is 13.8 Å². The number of halogens is 1. The standard InChI is InChI=1S/C18H28FN3O3/c1-12(2)6-16(17(23)25-18(3,4)5)20-10-13-7-14(11-21-22-24)9-15(19)8-13/h7-9,11-12,16,20,22,24H,6,10H2,1-5H3/b21-11-/t16-/m1/s1. The molecule has 1 atom stereocenters. The number of hydrogen-bond donors (Lipinski definition) is 3. The first kappa shape index (κ1) is 21.1. The highest BCUT2D eigenvalue weighted by Gasteiger charge is 2.25. The summed E-state index contributed by atoms with van der Waals surface area (Å²) in [5.74, 6) is -0.434. The molecule has 25 heavy (non-hydrogen) atoms. The second kappa shape index (κ2) is 9.48. The average molecular weight is 353 g/mol. The molecule has 6 nitrogen and oxygen atoms in total. The predicted octanol–water partition coefficient (Wildman–Crippen LogP) is 2.98. The van der Waals surface area contributed by atoms with Gasteiger partial charge in [0.15, 0.2) is 0 Å². The summed E-state index contributed by atoms with van der Waals surface area (Å²) in [6, 6.07) is 3.93. The molecule has 7 heteroatoms. The maximum absolute atomic E-state index is 13.7. The lowest BCUT2D eigenvalue weighted by Crippen LogP contribution is -2.41. The first-order valence-electron chi connectivity index (χ1n) is 8.28. The molecule has 0 aromatic heterocycles. The Bertz CT molecular complexity index is 598. The third-order valence-corrected chi connectivity index (χ3v) is 3.20. The van der Waals surface area contributed by atoms with Crippen molar-refractivity contribution in [2.45, 2.75) is 59.2 Å². The van der Waals surface area contributed by atoms with Gasteiger partial charge in [0.05, 0.1) is 6.21 Å². The van der Waals surface area contributed by atoms with Crippen LogP contribution in [0.1, 0.15) is 52.2 Å². The summed E-state index contributed by atoms with van der Waals surface area (Å²) in [6.07, 6.45) is 1.92. The monoisotopic (exact) mass is 353 g/mol. The molecule has 1 aromatic rings. The second-order valence-corrected chi connectivity index (χ2v) is 7.35. The molecule has 0 aliphatic heterocycles. The van der Waals surface area contributed by atoms with Crippen LogP contribution < -0.4 is 10.9 Å². The minimum atomic E-state index is -0.562. The summed E-state index contributed by atoms with van der Waals surface area (Å²) in [4.78, 5) is 12.4. The third-order valence-electron chi connectivity index (χ3n) is 3.20. The third kappa shape index (κ3) is 8.60. The minimum Gasteiger partial charge on any atom is -0.459 e. The van der Waals surface area contributed by atoms with Crippen LogP contribution in [0, 0.1) is 11.7 Å². The van der Waals surface area contributed by atoms with Crippen molar-refractivity contribution in [3.63, 3.8) is 0 Å². The van der Waals surface area contributed by atoms with E-state index in [1.54, 1.807) is 11.7 Å². The van der Waals surface area contributed by atoms with Crippen LogP contribution in [-0.2, 0) is 16.1 Å². The van der Waals surface area contributed by atoms with Crippen molar-refractivity contribution in [2.24, 2.45) is 11.0 Å². The molecule has 0 radical (unpaired) electrons. The van der Waals surface area contributed by atoms with Crippen molar-refractivity contribution in [1.29, 1.82) is 0 Å². The lowest BCUT2D eigenvalue weighted by molar-refractivity contribution is -0.158. The number of hydrogen-bond acceptors (Lipinski definition) is 6. The first-order chi connectivity index (χ1) is 11.6. The van der Waals surface area contributed by atoms with Crippen LogP contribution in [0.4, 0.5) is 4.39 Å². The lowest BCUT2D eigenvalue weighted by atomic mass is 10.0. The van der Waals surface area contributed by atoms with E-state index in [0.717, 1.165) is 0 Å². The zero-order valence-corrected chi connectivity index (χ0v) is 15.5. The highest BCUT2D eigenvalue weighted by molar-refractivity contribution is 5.79. The van der Waals surface area contributed by atoms with E-state index in [9.17, 15) is 9.18 Å². The van der Waals surface area contributed by atoms with Crippen molar-refractivity contribution in [3.05, 3.63) is 35.1 Å². The number of carbonyl (C=O) groups is 1. The Morgan fingerprint density at radius 3 is 2.60 bits per heavy atom. The molecule has 0 aliphatic carbocycles. The molecule has 0 aliphatic rings. The molecule has 0 saturated heterocycles. The number of nitrogens with zero attached hydrogens (tertiary/aromatic N) is 1. The fourth-order valence-corrected chi connectivity index (χ4v) is 2.30. The fourth-order valence-electron chi connectivity index (χ4n) is 2.30. The molecule has 1 rings (SSSR count). The molecular weight excluding hydrogens is 325 g/mol. The number of hydrazone groups is 1. The van der Waals surface area contributed by atoms with Gasteiger partial charge >= 0.3 is 5.97 Å². The summed E-state index contributed by atoms with van der Waals surface area (Å²) < 4.78 is 19.2. The van der Waals surface area contributed by atoms with Gasteiger partial charge in [-0.2, -0.15) is 10.7 Å². The molecule has 0 heterocycles. The molecular formula is C18H28FN3O3. The molecule has 140 valence electrons. The number of carbonyl (C=O) groups excluding carboxylic acids is 1. The van der Waals surface area contributed by atoms with E-state index in [1.807, 2.05) is 34.6 Å². The number of rotatable bonds is 8.